The minimum absolute atomic E-state index is 0.0413. The highest BCUT2D eigenvalue weighted by molar-refractivity contribution is 6.05. The van der Waals surface area contributed by atoms with E-state index in [4.69, 9.17) is 0 Å². The number of hydrogen-bond acceptors (Lipinski definition) is 5. The molecular weight excluding hydrogens is 414 g/mol. The highest BCUT2D eigenvalue weighted by atomic mass is 16.3. The van der Waals surface area contributed by atoms with Gasteiger partial charge in [0, 0.05) is 11.1 Å². The summed E-state index contributed by atoms with van der Waals surface area (Å²) in [4.78, 5) is 0. The average molecular weight is 435 g/mol. The van der Waals surface area contributed by atoms with Crippen LogP contribution in [0.5, 0.6) is 23.0 Å². The Hall–Kier alpha value is -4.64. The van der Waals surface area contributed by atoms with Crippen LogP contribution in [0.4, 0.5) is 11.4 Å². The van der Waals surface area contributed by atoms with E-state index in [0.29, 0.717) is 11.3 Å². The zero-order chi connectivity index (χ0) is 22.9. The molecule has 33 heavy (non-hydrogen) atoms. The Morgan fingerprint density at radius 2 is 0.970 bits per heavy atom. The van der Waals surface area contributed by atoms with Crippen molar-refractivity contribution in [3.8, 4) is 45.3 Å². The van der Waals surface area contributed by atoms with Crippen molar-refractivity contribution in [2.75, 3.05) is 5.32 Å². The van der Waals surface area contributed by atoms with Crippen molar-refractivity contribution in [2.24, 2.45) is 0 Å². The van der Waals surface area contributed by atoms with Gasteiger partial charge in [0.2, 0.25) is 0 Å². The second-order valence-electron chi connectivity index (χ2n) is 7.71. The molecule has 0 aliphatic heterocycles. The minimum atomic E-state index is -0.555. The van der Waals surface area contributed by atoms with Crippen molar-refractivity contribution in [1.82, 2.24) is 0 Å². The van der Waals surface area contributed by atoms with Crippen LogP contribution in [-0.2, 0) is 0 Å². The zero-order valence-corrected chi connectivity index (χ0v) is 17.5. The van der Waals surface area contributed by atoms with Crippen molar-refractivity contribution in [3.63, 3.8) is 0 Å². The topological polar surface area (TPSA) is 93.0 Å². The fourth-order valence-corrected chi connectivity index (χ4v) is 4.11. The van der Waals surface area contributed by atoms with E-state index in [1.165, 1.54) is 0 Å². The van der Waals surface area contributed by atoms with Crippen LogP contribution in [0.15, 0.2) is 97.1 Å². The van der Waals surface area contributed by atoms with Gasteiger partial charge in [-0.05, 0) is 28.1 Å². The van der Waals surface area contributed by atoms with Gasteiger partial charge in [-0.15, -0.1) is 0 Å². The standard InChI is InChI=1S/C28H21NO4/c30-25-23(18-11-5-2-6-12-18)26(31)28(33)24(27(25)32)29-22-16-15-19(17-9-3-1-4-10-17)20-13-7-8-14-21(20)22/h1-16,29-33H. The molecule has 0 aliphatic rings. The fourth-order valence-electron chi connectivity index (χ4n) is 4.11. The third-order valence-electron chi connectivity index (χ3n) is 5.73. The van der Waals surface area contributed by atoms with Crippen LogP contribution in [0.3, 0.4) is 0 Å². The molecule has 0 aliphatic carbocycles. The molecule has 162 valence electrons. The summed E-state index contributed by atoms with van der Waals surface area (Å²) in [5, 5.41) is 47.6. The molecule has 5 heteroatoms. The molecule has 0 atom stereocenters. The van der Waals surface area contributed by atoms with Crippen LogP contribution < -0.4 is 5.32 Å². The van der Waals surface area contributed by atoms with Gasteiger partial charge in [0.15, 0.2) is 23.0 Å². The van der Waals surface area contributed by atoms with Gasteiger partial charge in [-0.3, -0.25) is 0 Å². The van der Waals surface area contributed by atoms with Gasteiger partial charge in [0.25, 0.3) is 0 Å². The third kappa shape index (κ3) is 3.46. The Bertz CT molecular complexity index is 1440. The summed E-state index contributed by atoms with van der Waals surface area (Å²) in [5.74, 6) is -2.16. The number of nitrogens with one attached hydrogen (secondary N) is 1. The number of fused-ring (bicyclic) bond motifs is 1. The molecule has 0 radical (unpaired) electrons. The highest BCUT2D eigenvalue weighted by Gasteiger charge is 2.25. The first kappa shape index (κ1) is 20.3. The van der Waals surface area contributed by atoms with E-state index >= 15 is 0 Å². The van der Waals surface area contributed by atoms with Gasteiger partial charge in [0.05, 0.1) is 5.56 Å². The summed E-state index contributed by atoms with van der Waals surface area (Å²) >= 11 is 0. The van der Waals surface area contributed by atoms with Crippen LogP contribution in [0, 0.1) is 0 Å². The number of phenolic OH excluding ortho intramolecular Hbond substituents is 4. The van der Waals surface area contributed by atoms with Crippen molar-refractivity contribution < 1.29 is 20.4 Å². The highest BCUT2D eigenvalue weighted by Crippen LogP contribution is 2.55. The smallest absolute Gasteiger partial charge is 0.186 e. The molecule has 5 aromatic rings. The van der Waals surface area contributed by atoms with E-state index in [0.717, 1.165) is 21.9 Å². The number of phenols is 4. The minimum Gasteiger partial charge on any atom is -0.504 e. The maximum atomic E-state index is 10.7. The largest absolute Gasteiger partial charge is 0.504 e. The first-order valence-electron chi connectivity index (χ1n) is 10.5. The van der Waals surface area contributed by atoms with Crippen LogP contribution in [0.25, 0.3) is 33.0 Å². The van der Waals surface area contributed by atoms with Gasteiger partial charge >= 0.3 is 0 Å². The van der Waals surface area contributed by atoms with E-state index in [2.05, 4.69) is 5.32 Å². The van der Waals surface area contributed by atoms with E-state index in [1.54, 1.807) is 30.3 Å². The second-order valence-corrected chi connectivity index (χ2v) is 7.71. The van der Waals surface area contributed by atoms with E-state index in [9.17, 15) is 20.4 Å². The molecule has 0 bridgehead atoms. The monoisotopic (exact) mass is 435 g/mol. The quantitative estimate of drug-likeness (QED) is 0.159. The number of aromatic hydroxyl groups is 4. The summed E-state index contributed by atoms with van der Waals surface area (Å²) < 4.78 is 0. The third-order valence-corrected chi connectivity index (χ3v) is 5.73. The van der Waals surface area contributed by atoms with Crippen molar-refractivity contribution >= 4 is 22.1 Å². The molecule has 5 N–H and O–H groups in total. The number of benzene rings is 5. The summed E-state index contributed by atoms with van der Waals surface area (Å²) in [6.07, 6.45) is 0. The molecule has 5 nitrogen and oxygen atoms in total. The lowest BCUT2D eigenvalue weighted by atomic mass is 9.97. The molecular formula is C28H21NO4. The predicted molar refractivity (Wildman–Crippen MR) is 131 cm³/mol. The van der Waals surface area contributed by atoms with Gasteiger partial charge < -0.3 is 25.7 Å². The lowest BCUT2D eigenvalue weighted by Gasteiger charge is -2.18. The van der Waals surface area contributed by atoms with Crippen LogP contribution in [0.1, 0.15) is 0 Å². The number of rotatable bonds is 4. The molecule has 0 saturated heterocycles. The van der Waals surface area contributed by atoms with Gasteiger partial charge in [-0.1, -0.05) is 91.0 Å². The Balaban J connectivity index is 1.64. The van der Waals surface area contributed by atoms with Crippen molar-refractivity contribution in [1.29, 1.82) is 0 Å². The summed E-state index contributed by atoms with van der Waals surface area (Å²) in [7, 11) is 0. The normalized spacial score (nSPS) is 10.9. The Morgan fingerprint density at radius 1 is 0.455 bits per heavy atom. The molecule has 0 fully saturated rings. The Morgan fingerprint density at radius 3 is 1.58 bits per heavy atom. The SMILES string of the molecule is Oc1c(O)c(-c2ccccc2)c(O)c(O)c1Nc1ccc(-c2ccccc2)c2ccccc12. The van der Waals surface area contributed by atoms with Crippen molar-refractivity contribution in [2.45, 2.75) is 0 Å². The maximum absolute atomic E-state index is 10.7. The molecule has 0 unspecified atom stereocenters. The molecule has 5 rings (SSSR count). The van der Waals surface area contributed by atoms with Crippen LogP contribution in [0.2, 0.25) is 0 Å². The molecule has 5 aromatic carbocycles. The van der Waals surface area contributed by atoms with Crippen LogP contribution >= 0.6 is 0 Å². The molecule has 0 spiro atoms. The summed E-state index contributed by atoms with van der Waals surface area (Å²) in [6.45, 7) is 0. The van der Waals surface area contributed by atoms with E-state index in [-0.39, 0.29) is 11.3 Å². The second kappa shape index (κ2) is 8.13. The Labute approximate surface area is 190 Å². The molecule has 0 amide bonds. The van der Waals surface area contributed by atoms with Gasteiger partial charge in [-0.25, -0.2) is 0 Å². The van der Waals surface area contributed by atoms with Crippen LogP contribution in [-0.4, -0.2) is 20.4 Å². The maximum Gasteiger partial charge on any atom is 0.186 e. The van der Waals surface area contributed by atoms with Crippen molar-refractivity contribution in [3.05, 3.63) is 97.1 Å². The number of hydrogen-bond donors (Lipinski definition) is 5. The Kier molecular flexibility index (Phi) is 4.99. The van der Waals surface area contributed by atoms with E-state index in [1.807, 2.05) is 66.7 Å². The van der Waals surface area contributed by atoms with Gasteiger partial charge in [-0.2, -0.15) is 0 Å². The lowest BCUT2D eigenvalue weighted by molar-refractivity contribution is 0.378. The fraction of sp³-hybridized carbons (Fsp3) is 0. The molecule has 0 heterocycles. The number of anilines is 2. The summed E-state index contributed by atoms with van der Waals surface area (Å²) in [6, 6.07) is 30.1. The first-order chi connectivity index (χ1) is 16.1. The predicted octanol–water partition coefficient (Wildman–Crippen LogP) is 6.74. The van der Waals surface area contributed by atoms with E-state index < -0.39 is 23.0 Å². The van der Waals surface area contributed by atoms with Gasteiger partial charge in [0.1, 0.15) is 5.69 Å². The molecule has 0 saturated carbocycles. The zero-order valence-electron chi connectivity index (χ0n) is 17.5. The molecule has 0 aromatic heterocycles. The summed E-state index contributed by atoms with van der Waals surface area (Å²) in [5.41, 5.74) is 2.94. The lowest BCUT2D eigenvalue weighted by Crippen LogP contribution is -1.96. The first-order valence-corrected chi connectivity index (χ1v) is 10.5. The average Bonchev–Trinajstić information content (AvgIpc) is 2.87.